The zero-order valence-corrected chi connectivity index (χ0v) is 16.3. The van der Waals surface area contributed by atoms with Crippen LogP contribution in [0.25, 0.3) is 22.2 Å². The van der Waals surface area contributed by atoms with Crippen LogP contribution >= 0.6 is 0 Å². The van der Waals surface area contributed by atoms with Gasteiger partial charge < -0.3 is 15.6 Å². The van der Waals surface area contributed by atoms with Gasteiger partial charge in [0.1, 0.15) is 30.2 Å². The lowest BCUT2D eigenvalue weighted by Gasteiger charge is -2.11. The van der Waals surface area contributed by atoms with E-state index < -0.39 is 48.0 Å². The highest BCUT2D eigenvalue weighted by Crippen LogP contribution is 2.33. The van der Waals surface area contributed by atoms with Crippen molar-refractivity contribution in [2.24, 2.45) is 0 Å². The molecule has 2 amide bonds. The first kappa shape index (κ1) is 20.9. The Morgan fingerprint density at radius 3 is 2.52 bits per heavy atom. The minimum atomic E-state index is -0.817. The molecule has 1 fully saturated rings. The first-order valence-corrected chi connectivity index (χ1v) is 9.77. The highest BCUT2D eigenvalue weighted by Gasteiger charge is 2.32. The maximum absolute atomic E-state index is 14.3. The van der Waals surface area contributed by atoms with Crippen LogP contribution in [0.3, 0.4) is 0 Å². The quantitative estimate of drug-likeness (QED) is 0.521. The number of rotatable bonds is 6. The van der Waals surface area contributed by atoms with Crippen LogP contribution in [0.1, 0.15) is 18.4 Å². The number of alkyl halides is 1. The normalized spacial score (nSPS) is 18.4. The number of H-pyrrole nitrogens is 1. The molecule has 2 unspecified atom stereocenters. The number of hydrogen-bond donors (Lipinski definition) is 3. The van der Waals surface area contributed by atoms with Crippen molar-refractivity contribution < 1.29 is 27.2 Å². The molecule has 3 aromatic rings. The van der Waals surface area contributed by atoms with Crippen LogP contribution in [0.4, 0.5) is 17.6 Å². The zero-order chi connectivity index (χ0) is 22.1. The zero-order valence-electron chi connectivity index (χ0n) is 16.3. The number of carbonyl (C=O) groups excluding carboxylic acids is 2. The fraction of sp³-hybridized carbons (Fsp3) is 0.273. The average molecular weight is 433 g/mol. The van der Waals surface area contributed by atoms with Crippen molar-refractivity contribution in [3.63, 3.8) is 0 Å². The summed E-state index contributed by atoms with van der Waals surface area (Å²) in [4.78, 5) is 27.1. The molecular formula is C22H19F4N3O2. The third-order valence-corrected chi connectivity index (χ3v) is 5.37. The smallest absolute Gasteiger partial charge is 0.242 e. The molecule has 5 nitrogen and oxygen atoms in total. The third kappa shape index (κ3) is 4.26. The Morgan fingerprint density at radius 1 is 1.10 bits per heavy atom. The average Bonchev–Trinajstić information content (AvgIpc) is 3.27. The molecule has 1 aliphatic rings. The number of aromatic nitrogens is 1. The number of nitrogens with one attached hydrogen (secondary N) is 3. The van der Waals surface area contributed by atoms with Crippen molar-refractivity contribution in [3.8, 4) is 11.3 Å². The van der Waals surface area contributed by atoms with Gasteiger partial charge in [0.2, 0.25) is 11.8 Å². The third-order valence-electron chi connectivity index (χ3n) is 5.37. The van der Waals surface area contributed by atoms with Crippen molar-refractivity contribution in [1.29, 1.82) is 0 Å². The molecule has 1 saturated heterocycles. The molecule has 2 aromatic carbocycles. The predicted molar refractivity (Wildman–Crippen MR) is 106 cm³/mol. The van der Waals surface area contributed by atoms with E-state index in [1.165, 1.54) is 30.3 Å². The van der Waals surface area contributed by atoms with Gasteiger partial charge in [0, 0.05) is 23.6 Å². The highest BCUT2D eigenvalue weighted by molar-refractivity contribution is 5.93. The van der Waals surface area contributed by atoms with Gasteiger partial charge >= 0.3 is 0 Å². The molecule has 3 N–H and O–H groups in total. The first-order valence-electron chi connectivity index (χ1n) is 9.77. The number of amides is 2. The van der Waals surface area contributed by atoms with Crippen LogP contribution in [-0.4, -0.2) is 35.6 Å². The largest absolute Gasteiger partial charge is 0.352 e. The Labute approximate surface area is 174 Å². The number of carbonyl (C=O) groups is 2. The minimum absolute atomic E-state index is 0.0661. The van der Waals surface area contributed by atoms with Crippen molar-refractivity contribution in [1.82, 2.24) is 15.6 Å². The van der Waals surface area contributed by atoms with Gasteiger partial charge in [-0.15, -0.1) is 0 Å². The van der Waals surface area contributed by atoms with Gasteiger partial charge in [-0.2, -0.15) is 0 Å². The molecule has 2 heterocycles. The SMILES string of the molecule is O=C(CCc1c(-c2ccc(F)cc2)[nH]c2c(F)cc(F)cc12)NC1CC(CF)NC1=O. The molecule has 2 atom stereocenters. The molecular weight excluding hydrogens is 414 g/mol. The second kappa shape index (κ2) is 8.41. The molecule has 0 saturated carbocycles. The molecule has 0 aliphatic carbocycles. The summed E-state index contributed by atoms with van der Waals surface area (Å²) in [6, 6.07) is 5.97. The molecule has 0 bridgehead atoms. The van der Waals surface area contributed by atoms with Gasteiger partial charge in [0.05, 0.1) is 11.6 Å². The van der Waals surface area contributed by atoms with E-state index in [0.29, 0.717) is 16.8 Å². The van der Waals surface area contributed by atoms with Crippen molar-refractivity contribution in [2.45, 2.75) is 31.3 Å². The summed E-state index contributed by atoms with van der Waals surface area (Å²) in [5.74, 6) is -2.89. The van der Waals surface area contributed by atoms with Crippen molar-refractivity contribution >= 4 is 22.7 Å². The van der Waals surface area contributed by atoms with E-state index in [4.69, 9.17) is 0 Å². The second-order valence-corrected chi connectivity index (χ2v) is 7.51. The van der Waals surface area contributed by atoms with Gasteiger partial charge in [-0.05, 0) is 54.3 Å². The Bertz CT molecular complexity index is 1140. The molecule has 9 heteroatoms. The Kier molecular flexibility index (Phi) is 5.67. The standard InChI is InChI=1S/C22H19F4N3O2/c23-10-14-9-18(22(31)27-14)28-19(30)6-5-15-16-7-13(25)8-17(26)21(16)29-20(15)11-1-3-12(24)4-2-11/h1-4,7-8,14,18,29H,5-6,9-10H2,(H,27,31)(H,28,30). The summed E-state index contributed by atoms with van der Waals surface area (Å²) in [6.07, 6.45) is 0.205. The van der Waals surface area contributed by atoms with E-state index in [1.54, 1.807) is 0 Å². The lowest BCUT2D eigenvalue weighted by Crippen LogP contribution is -2.40. The maximum Gasteiger partial charge on any atom is 0.242 e. The Hall–Kier alpha value is -3.36. The summed E-state index contributed by atoms with van der Waals surface area (Å²) in [5.41, 5.74) is 1.57. The van der Waals surface area contributed by atoms with E-state index >= 15 is 0 Å². The summed E-state index contributed by atoms with van der Waals surface area (Å²) in [5, 5.41) is 5.30. The lowest BCUT2D eigenvalue weighted by atomic mass is 10.0. The predicted octanol–water partition coefficient (Wildman–Crippen LogP) is 3.53. The molecule has 0 spiro atoms. The van der Waals surface area contributed by atoms with Gasteiger partial charge in [-0.3, -0.25) is 9.59 Å². The van der Waals surface area contributed by atoms with E-state index in [1.807, 2.05) is 0 Å². The number of halogens is 4. The van der Waals surface area contributed by atoms with E-state index in [-0.39, 0.29) is 30.2 Å². The maximum atomic E-state index is 14.3. The Morgan fingerprint density at radius 2 is 1.84 bits per heavy atom. The summed E-state index contributed by atoms with van der Waals surface area (Å²) >= 11 is 0. The molecule has 162 valence electrons. The summed E-state index contributed by atoms with van der Waals surface area (Å²) < 4.78 is 54.3. The molecule has 1 aliphatic heterocycles. The number of fused-ring (bicyclic) bond motifs is 1. The minimum Gasteiger partial charge on any atom is -0.352 e. The molecule has 31 heavy (non-hydrogen) atoms. The van der Waals surface area contributed by atoms with Crippen LogP contribution in [0.15, 0.2) is 36.4 Å². The van der Waals surface area contributed by atoms with Crippen LogP contribution in [0.2, 0.25) is 0 Å². The number of aromatic amines is 1. The molecule has 1 aromatic heterocycles. The van der Waals surface area contributed by atoms with Gasteiger partial charge in [-0.1, -0.05) is 0 Å². The van der Waals surface area contributed by atoms with Crippen LogP contribution in [0, 0.1) is 17.5 Å². The number of aryl methyl sites for hydroxylation is 1. The van der Waals surface area contributed by atoms with E-state index in [0.717, 1.165) is 6.07 Å². The van der Waals surface area contributed by atoms with Crippen LogP contribution in [0.5, 0.6) is 0 Å². The Balaban J connectivity index is 1.60. The number of benzene rings is 2. The van der Waals surface area contributed by atoms with E-state index in [2.05, 4.69) is 15.6 Å². The van der Waals surface area contributed by atoms with Crippen molar-refractivity contribution in [2.75, 3.05) is 6.67 Å². The van der Waals surface area contributed by atoms with Crippen LogP contribution < -0.4 is 10.6 Å². The summed E-state index contributed by atoms with van der Waals surface area (Å²) in [6.45, 7) is -0.717. The monoisotopic (exact) mass is 433 g/mol. The van der Waals surface area contributed by atoms with E-state index in [9.17, 15) is 27.2 Å². The van der Waals surface area contributed by atoms with Crippen molar-refractivity contribution in [3.05, 3.63) is 59.4 Å². The highest BCUT2D eigenvalue weighted by atomic mass is 19.1. The fourth-order valence-electron chi connectivity index (χ4n) is 3.88. The second-order valence-electron chi connectivity index (χ2n) is 7.51. The van der Waals surface area contributed by atoms with Gasteiger partial charge in [0.15, 0.2) is 0 Å². The lowest BCUT2D eigenvalue weighted by molar-refractivity contribution is -0.127. The topological polar surface area (TPSA) is 74.0 Å². The first-order chi connectivity index (χ1) is 14.9. The van der Waals surface area contributed by atoms with Gasteiger partial charge in [-0.25, -0.2) is 17.6 Å². The molecule has 4 rings (SSSR count). The number of hydrogen-bond acceptors (Lipinski definition) is 2. The fourth-order valence-corrected chi connectivity index (χ4v) is 3.88. The summed E-state index contributed by atoms with van der Waals surface area (Å²) in [7, 11) is 0. The van der Waals surface area contributed by atoms with Crippen LogP contribution in [-0.2, 0) is 16.0 Å². The molecule has 0 radical (unpaired) electrons. The van der Waals surface area contributed by atoms with Gasteiger partial charge in [0.25, 0.3) is 0 Å².